The van der Waals surface area contributed by atoms with E-state index in [1.807, 2.05) is 65.8 Å². The average molecular weight is 424 g/mol. The number of aliphatic hydroxyl groups excluding tert-OH is 1. The lowest BCUT2D eigenvalue weighted by Crippen LogP contribution is -1.93. The monoisotopic (exact) mass is 423 g/mol. The number of para-hydroxylation sites is 1. The van der Waals surface area contributed by atoms with E-state index in [0.717, 1.165) is 9.47 Å². The quantitative estimate of drug-likeness (QED) is 0.301. The average Bonchev–Trinajstić information content (AvgIpc) is 3.05. The van der Waals surface area contributed by atoms with Gasteiger partial charge in [0.15, 0.2) is 3.95 Å². The lowest BCUT2D eigenvalue weighted by atomic mass is 10.2. The van der Waals surface area contributed by atoms with E-state index in [0.29, 0.717) is 12.1 Å². The normalized spacial score (nSPS) is 9.68. The van der Waals surface area contributed by atoms with Crippen LogP contribution in [0.2, 0.25) is 0 Å². The molecular weight excluding hydrogens is 382 g/mol. The number of aliphatic hydroxyl groups is 1. The maximum absolute atomic E-state index is 9.49. The van der Waals surface area contributed by atoms with Crippen molar-refractivity contribution in [3.8, 4) is 0 Å². The molecule has 0 fully saturated rings. The Morgan fingerprint density at radius 2 is 1.61 bits per heavy atom. The summed E-state index contributed by atoms with van der Waals surface area (Å²) in [5.41, 5.74) is 1.80. The summed E-state index contributed by atoms with van der Waals surface area (Å²) < 4.78 is 4.14. The molecule has 0 aliphatic rings. The number of hydrogen-bond acceptors (Lipinski definition) is 3. The molecule has 0 unspecified atom stereocenters. The van der Waals surface area contributed by atoms with Crippen molar-refractivity contribution in [3.05, 3.63) is 64.4 Å². The highest BCUT2D eigenvalue weighted by molar-refractivity contribution is 7.73. The van der Waals surface area contributed by atoms with Crippen molar-refractivity contribution in [2.75, 3.05) is 0 Å². The standard InChI is InChI=1S/C15H15NOS2.C3H8.3C2H6/c1-11(2)13(17)8-5-6-10-16-12-7-3-4-9-14(12)19-15(16)18;1-3-2;3*1-2/h3-9,17H,1,10H2,2H3;3H2,1-2H3;3*1-2H3/b6-5+,13-8+;;;;. The Kier molecular flexibility index (Phi) is 24.0. The zero-order chi connectivity index (χ0) is 22.5. The third-order valence-corrected chi connectivity index (χ3v) is 4.12. The third-order valence-electron chi connectivity index (χ3n) is 2.69. The van der Waals surface area contributed by atoms with Gasteiger partial charge in [-0.3, -0.25) is 0 Å². The Morgan fingerprint density at radius 1 is 1.11 bits per heavy atom. The first-order valence-corrected chi connectivity index (χ1v) is 11.5. The first-order valence-electron chi connectivity index (χ1n) is 10.3. The maximum Gasteiger partial charge on any atom is 0.162 e. The molecule has 0 saturated carbocycles. The maximum atomic E-state index is 9.49. The van der Waals surface area contributed by atoms with Crippen LogP contribution in [-0.2, 0) is 6.54 Å². The Labute approximate surface area is 182 Å². The summed E-state index contributed by atoms with van der Waals surface area (Å²) in [6.45, 7) is 22.4. The molecule has 160 valence electrons. The highest BCUT2D eigenvalue weighted by Crippen LogP contribution is 2.22. The highest BCUT2D eigenvalue weighted by atomic mass is 32.1. The summed E-state index contributed by atoms with van der Waals surface area (Å²) in [5, 5.41) is 9.49. The van der Waals surface area contributed by atoms with Gasteiger partial charge in [0.2, 0.25) is 0 Å². The number of benzene rings is 1. The Hall–Kier alpha value is -1.65. The fraction of sp³-hybridized carbons (Fsp3) is 0.458. The lowest BCUT2D eigenvalue weighted by molar-refractivity contribution is 0.424. The molecule has 0 radical (unpaired) electrons. The molecule has 1 aromatic carbocycles. The van der Waals surface area contributed by atoms with Crippen LogP contribution in [0.15, 0.2) is 60.4 Å². The van der Waals surface area contributed by atoms with Crippen molar-refractivity contribution in [2.45, 2.75) is 75.3 Å². The van der Waals surface area contributed by atoms with Crippen LogP contribution in [0.3, 0.4) is 0 Å². The summed E-state index contributed by atoms with van der Waals surface area (Å²) in [6, 6.07) is 8.16. The van der Waals surface area contributed by atoms with Crippen molar-refractivity contribution in [2.24, 2.45) is 0 Å². The lowest BCUT2D eigenvalue weighted by Gasteiger charge is -1.99. The van der Waals surface area contributed by atoms with Crippen LogP contribution in [0.1, 0.15) is 68.7 Å². The zero-order valence-corrected chi connectivity index (χ0v) is 21.0. The summed E-state index contributed by atoms with van der Waals surface area (Å²) in [7, 11) is 0. The minimum Gasteiger partial charge on any atom is -0.508 e. The van der Waals surface area contributed by atoms with Gasteiger partial charge in [0.05, 0.1) is 10.2 Å². The van der Waals surface area contributed by atoms with Gasteiger partial charge in [0.25, 0.3) is 0 Å². The second kappa shape index (κ2) is 21.6. The minimum absolute atomic E-state index is 0.204. The van der Waals surface area contributed by atoms with E-state index in [2.05, 4.69) is 37.1 Å². The number of rotatable bonds is 4. The van der Waals surface area contributed by atoms with Crippen molar-refractivity contribution >= 4 is 33.8 Å². The summed E-state index contributed by atoms with van der Waals surface area (Å²) in [5.74, 6) is 0.204. The molecule has 1 aromatic heterocycles. The van der Waals surface area contributed by atoms with Gasteiger partial charge in [0, 0.05) is 6.54 Å². The molecule has 28 heavy (non-hydrogen) atoms. The molecule has 0 spiro atoms. The molecule has 0 atom stereocenters. The summed E-state index contributed by atoms with van der Waals surface area (Å²) in [4.78, 5) is 0. The molecule has 0 amide bonds. The van der Waals surface area contributed by atoms with Gasteiger partial charge in [-0.25, -0.2) is 0 Å². The second-order valence-electron chi connectivity index (χ2n) is 4.91. The molecule has 0 bridgehead atoms. The first kappa shape index (κ1) is 31.1. The van der Waals surface area contributed by atoms with Gasteiger partial charge in [-0.1, -0.05) is 92.7 Å². The van der Waals surface area contributed by atoms with Crippen LogP contribution < -0.4 is 0 Å². The van der Waals surface area contributed by atoms with Gasteiger partial charge in [-0.15, -0.1) is 11.3 Å². The van der Waals surface area contributed by atoms with E-state index in [1.165, 1.54) is 11.1 Å². The van der Waals surface area contributed by atoms with Crippen LogP contribution in [0.4, 0.5) is 0 Å². The SMILES string of the molecule is C=C(C)/C(O)=C\C=C\Cn1c(=S)sc2ccccc21.CC.CC.CC.CCC. The van der Waals surface area contributed by atoms with Crippen LogP contribution in [0, 0.1) is 3.95 Å². The number of fused-ring (bicyclic) bond motifs is 1. The van der Waals surface area contributed by atoms with E-state index >= 15 is 0 Å². The topological polar surface area (TPSA) is 25.2 Å². The predicted octanol–water partition coefficient (Wildman–Crippen LogP) is 9.50. The van der Waals surface area contributed by atoms with Crippen LogP contribution in [0.5, 0.6) is 0 Å². The van der Waals surface area contributed by atoms with Crippen LogP contribution in [-0.4, -0.2) is 9.67 Å². The molecule has 1 N–H and O–H groups in total. The van der Waals surface area contributed by atoms with E-state index in [9.17, 15) is 5.11 Å². The minimum atomic E-state index is 0.204. The molecule has 0 aliphatic heterocycles. The number of nitrogens with zero attached hydrogens (tertiary/aromatic N) is 1. The fourth-order valence-electron chi connectivity index (χ4n) is 1.65. The van der Waals surface area contributed by atoms with Gasteiger partial charge < -0.3 is 9.67 Å². The van der Waals surface area contributed by atoms with E-state index < -0.39 is 0 Å². The van der Waals surface area contributed by atoms with Gasteiger partial charge >= 0.3 is 0 Å². The van der Waals surface area contributed by atoms with E-state index in [4.69, 9.17) is 12.2 Å². The van der Waals surface area contributed by atoms with Crippen molar-refractivity contribution < 1.29 is 5.11 Å². The van der Waals surface area contributed by atoms with Gasteiger partial charge in [-0.2, -0.15) is 0 Å². The molecule has 2 rings (SSSR count). The predicted molar refractivity (Wildman–Crippen MR) is 135 cm³/mol. The Bertz CT molecular complexity index is 736. The largest absolute Gasteiger partial charge is 0.508 e. The molecule has 2 aromatic rings. The van der Waals surface area contributed by atoms with Crippen LogP contribution in [0.25, 0.3) is 10.2 Å². The first-order chi connectivity index (χ1) is 13.5. The summed E-state index contributed by atoms with van der Waals surface area (Å²) >= 11 is 6.98. The molecule has 2 nitrogen and oxygen atoms in total. The number of aromatic nitrogens is 1. The van der Waals surface area contributed by atoms with E-state index in [-0.39, 0.29) is 5.76 Å². The summed E-state index contributed by atoms with van der Waals surface area (Å²) in [6.07, 6.45) is 6.67. The Morgan fingerprint density at radius 3 is 2.11 bits per heavy atom. The third kappa shape index (κ3) is 12.7. The molecule has 4 heteroatoms. The number of thiazole rings is 1. The van der Waals surface area contributed by atoms with Crippen molar-refractivity contribution in [3.63, 3.8) is 0 Å². The van der Waals surface area contributed by atoms with Crippen molar-refractivity contribution in [1.29, 1.82) is 0 Å². The number of hydrogen-bond donors (Lipinski definition) is 1. The zero-order valence-electron chi connectivity index (χ0n) is 19.4. The highest BCUT2D eigenvalue weighted by Gasteiger charge is 2.01. The smallest absolute Gasteiger partial charge is 0.162 e. The van der Waals surface area contributed by atoms with Gasteiger partial charge in [0.1, 0.15) is 5.76 Å². The second-order valence-corrected chi connectivity index (χ2v) is 6.59. The molecule has 1 heterocycles. The fourth-order valence-corrected chi connectivity index (χ4v) is 3.00. The van der Waals surface area contributed by atoms with Gasteiger partial charge in [-0.05, 0) is 42.9 Å². The molecular formula is C24H41NOS2. The Balaban J connectivity index is -0.000000604. The molecule has 0 aliphatic carbocycles. The molecule has 0 saturated heterocycles. The number of allylic oxidation sites excluding steroid dienone is 4. The van der Waals surface area contributed by atoms with Crippen LogP contribution >= 0.6 is 23.6 Å². The van der Waals surface area contributed by atoms with Crippen molar-refractivity contribution in [1.82, 2.24) is 4.57 Å². The van der Waals surface area contributed by atoms with E-state index in [1.54, 1.807) is 24.3 Å².